The van der Waals surface area contributed by atoms with Crippen LogP contribution in [0, 0.1) is 11.6 Å². The van der Waals surface area contributed by atoms with Gasteiger partial charge in [-0.1, -0.05) is 13.0 Å². The molecular weight excluding hydrogens is 515 g/mol. The highest BCUT2D eigenvalue weighted by molar-refractivity contribution is 14.0. The first-order valence-electron chi connectivity index (χ1n) is 9.47. The van der Waals surface area contributed by atoms with Gasteiger partial charge in [-0.05, 0) is 19.4 Å². The summed E-state index contributed by atoms with van der Waals surface area (Å²) in [7, 11) is -3.55. The summed E-state index contributed by atoms with van der Waals surface area (Å²) in [5.74, 6) is -0.658. The minimum atomic E-state index is -3.55. The molecule has 0 aliphatic carbocycles. The van der Waals surface area contributed by atoms with Crippen LogP contribution < -0.4 is 10.5 Å². The Morgan fingerprint density at radius 2 is 1.90 bits per heavy atom. The summed E-state index contributed by atoms with van der Waals surface area (Å²) >= 11 is 0. The van der Waals surface area contributed by atoms with Crippen molar-refractivity contribution in [2.75, 3.05) is 45.0 Å². The first kappa shape index (κ1) is 26.0. The van der Waals surface area contributed by atoms with Crippen molar-refractivity contribution in [3.8, 4) is 0 Å². The van der Waals surface area contributed by atoms with E-state index in [9.17, 15) is 17.2 Å². The van der Waals surface area contributed by atoms with Crippen molar-refractivity contribution in [2.45, 2.75) is 26.3 Å². The number of hydrogen-bond donors (Lipinski definition) is 2. The molecule has 1 atom stereocenters. The maximum atomic E-state index is 14.2. The summed E-state index contributed by atoms with van der Waals surface area (Å²) in [5.41, 5.74) is 0.506. The van der Waals surface area contributed by atoms with Gasteiger partial charge < -0.3 is 10.2 Å². The minimum absolute atomic E-state index is 0. The van der Waals surface area contributed by atoms with Crippen molar-refractivity contribution >= 4 is 40.0 Å². The zero-order valence-corrected chi connectivity index (χ0v) is 19.9. The third-order valence-corrected chi connectivity index (χ3v) is 5.49. The molecule has 1 aromatic rings. The fourth-order valence-electron chi connectivity index (χ4n) is 3.40. The monoisotopic (exact) mass is 545 g/mol. The molecule has 166 valence electrons. The Morgan fingerprint density at radius 3 is 2.41 bits per heavy atom. The highest BCUT2D eigenvalue weighted by Gasteiger charge is 2.27. The van der Waals surface area contributed by atoms with Gasteiger partial charge in [0, 0.05) is 50.4 Å². The zero-order valence-electron chi connectivity index (χ0n) is 16.8. The number of rotatable bonds is 7. The topological polar surface area (TPSA) is 91.0 Å². The second-order valence-corrected chi connectivity index (χ2v) is 8.45. The van der Waals surface area contributed by atoms with Gasteiger partial charge in [-0.2, -0.15) is 0 Å². The average Bonchev–Trinajstić information content (AvgIpc) is 2.63. The molecule has 1 unspecified atom stereocenters. The molecule has 0 bridgehead atoms. The van der Waals surface area contributed by atoms with Crippen LogP contribution in [-0.4, -0.2) is 69.2 Å². The number of guanidine groups is 1. The van der Waals surface area contributed by atoms with Crippen LogP contribution in [-0.2, 0) is 10.0 Å². The lowest BCUT2D eigenvalue weighted by Crippen LogP contribution is -2.53. The molecule has 1 aromatic carbocycles. The van der Waals surface area contributed by atoms with E-state index in [4.69, 9.17) is 5.14 Å². The SMILES string of the molecule is CCNC(=NCCS(N)(=O)=O)N1CCN(C(CC)c2ccc(F)cc2F)CC1.I. The largest absolute Gasteiger partial charge is 0.357 e. The fourth-order valence-corrected chi connectivity index (χ4v) is 3.74. The Kier molecular flexibility index (Phi) is 10.7. The molecule has 1 saturated heterocycles. The lowest BCUT2D eigenvalue weighted by molar-refractivity contribution is 0.124. The smallest absolute Gasteiger partial charge is 0.210 e. The number of benzene rings is 1. The van der Waals surface area contributed by atoms with Gasteiger partial charge in [-0.3, -0.25) is 9.89 Å². The fraction of sp³-hybridized carbons (Fsp3) is 0.611. The molecular formula is C18H30F2IN5O2S. The average molecular weight is 545 g/mol. The van der Waals surface area contributed by atoms with E-state index < -0.39 is 21.7 Å². The van der Waals surface area contributed by atoms with Gasteiger partial charge >= 0.3 is 0 Å². The molecule has 0 aromatic heterocycles. The van der Waals surface area contributed by atoms with E-state index in [-0.39, 0.29) is 42.3 Å². The summed E-state index contributed by atoms with van der Waals surface area (Å²) < 4.78 is 49.6. The van der Waals surface area contributed by atoms with E-state index in [1.165, 1.54) is 12.1 Å². The molecule has 0 radical (unpaired) electrons. The van der Waals surface area contributed by atoms with Crippen LogP contribution in [0.5, 0.6) is 0 Å². The number of nitrogens with one attached hydrogen (secondary N) is 1. The summed E-state index contributed by atoms with van der Waals surface area (Å²) in [6.45, 7) is 7.39. The molecule has 1 fully saturated rings. The maximum absolute atomic E-state index is 14.2. The van der Waals surface area contributed by atoms with Crippen LogP contribution in [0.4, 0.5) is 8.78 Å². The molecule has 2 rings (SSSR count). The van der Waals surface area contributed by atoms with E-state index in [2.05, 4.69) is 20.1 Å². The third-order valence-electron chi connectivity index (χ3n) is 4.74. The van der Waals surface area contributed by atoms with Crippen LogP contribution in [0.2, 0.25) is 0 Å². The van der Waals surface area contributed by atoms with Crippen molar-refractivity contribution in [2.24, 2.45) is 10.1 Å². The maximum Gasteiger partial charge on any atom is 0.210 e. The van der Waals surface area contributed by atoms with Gasteiger partial charge in [-0.15, -0.1) is 24.0 Å². The van der Waals surface area contributed by atoms with Crippen molar-refractivity contribution in [1.29, 1.82) is 0 Å². The van der Waals surface area contributed by atoms with Gasteiger partial charge in [0.05, 0.1) is 12.3 Å². The van der Waals surface area contributed by atoms with Gasteiger partial charge in [0.2, 0.25) is 10.0 Å². The number of nitrogens with two attached hydrogens (primary N) is 1. The van der Waals surface area contributed by atoms with E-state index in [1.807, 2.05) is 13.8 Å². The third kappa shape index (κ3) is 7.95. The lowest BCUT2D eigenvalue weighted by atomic mass is 10.0. The molecule has 1 heterocycles. The molecule has 29 heavy (non-hydrogen) atoms. The van der Waals surface area contributed by atoms with E-state index in [1.54, 1.807) is 0 Å². The first-order chi connectivity index (χ1) is 13.2. The van der Waals surface area contributed by atoms with Crippen molar-refractivity contribution < 1.29 is 17.2 Å². The van der Waals surface area contributed by atoms with Crippen LogP contribution in [0.25, 0.3) is 0 Å². The minimum Gasteiger partial charge on any atom is -0.357 e. The van der Waals surface area contributed by atoms with Crippen molar-refractivity contribution in [3.05, 3.63) is 35.4 Å². The summed E-state index contributed by atoms with van der Waals surface area (Å²) in [6, 6.07) is 3.61. The second kappa shape index (κ2) is 12.0. The molecule has 3 N–H and O–H groups in total. The van der Waals surface area contributed by atoms with Crippen molar-refractivity contribution in [1.82, 2.24) is 15.1 Å². The summed E-state index contributed by atoms with van der Waals surface area (Å²) in [6.07, 6.45) is 0.713. The number of sulfonamides is 1. The van der Waals surface area contributed by atoms with E-state index in [0.717, 1.165) is 6.07 Å². The Hall–Kier alpha value is -1.05. The number of hydrogen-bond acceptors (Lipinski definition) is 4. The first-order valence-corrected chi connectivity index (χ1v) is 11.2. The molecule has 0 saturated carbocycles. The number of halogens is 3. The molecule has 7 nitrogen and oxygen atoms in total. The molecule has 1 aliphatic rings. The van der Waals surface area contributed by atoms with Crippen LogP contribution in [0.15, 0.2) is 23.2 Å². The highest BCUT2D eigenvalue weighted by atomic mass is 127. The lowest BCUT2D eigenvalue weighted by Gasteiger charge is -2.40. The molecule has 0 amide bonds. The summed E-state index contributed by atoms with van der Waals surface area (Å²) in [4.78, 5) is 8.58. The Morgan fingerprint density at radius 1 is 1.24 bits per heavy atom. The Labute approximate surface area is 188 Å². The van der Waals surface area contributed by atoms with Crippen LogP contribution in [0.1, 0.15) is 31.9 Å². The predicted molar refractivity (Wildman–Crippen MR) is 122 cm³/mol. The summed E-state index contributed by atoms with van der Waals surface area (Å²) in [5, 5.41) is 8.19. The van der Waals surface area contributed by atoms with Gasteiger partial charge in [-0.25, -0.2) is 22.3 Å². The number of primary sulfonamides is 1. The quantitative estimate of drug-likeness (QED) is 0.311. The Balaban J connectivity index is 0.00000420. The number of piperazine rings is 1. The molecule has 0 spiro atoms. The van der Waals surface area contributed by atoms with Gasteiger partial charge in [0.15, 0.2) is 5.96 Å². The van der Waals surface area contributed by atoms with Gasteiger partial charge in [0.25, 0.3) is 0 Å². The van der Waals surface area contributed by atoms with E-state index in [0.29, 0.717) is 50.7 Å². The highest BCUT2D eigenvalue weighted by Crippen LogP contribution is 2.28. The zero-order chi connectivity index (χ0) is 20.7. The normalized spacial score (nSPS) is 17.0. The predicted octanol–water partition coefficient (Wildman–Crippen LogP) is 1.91. The Bertz CT molecular complexity index is 786. The van der Waals surface area contributed by atoms with E-state index >= 15 is 0 Å². The number of aliphatic imine (C=N–C) groups is 1. The second-order valence-electron chi connectivity index (χ2n) is 6.72. The molecule has 1 aliphatic heterocycles. The standard InChI is InChI=1S/C18H29F2N5O2S.HI/c1-3-17(15-6-5-14(19)13-16(15)20)24-8-10-25(11-9-24)18(22-4-2)23-7-12-28(21,26)27;/h5-6,13,17H,3-4,7-12H2,1-2H3,(H,22,23)(H2,21,26,27);1H. The number of nitrogens with zero attached hydrogens (tertiary/aromatic N) is 3. The van der Waals surface area contributed by atoms with Crippen molar-refractivity contribution in [3.63, 3.8) is 0 Å². The van der Waals surface area contributed by atoms with Gasteiger partial charge in [0.1, 0.15) is 11.6 Å². The van der Waals surface area contributed by atoms with Crippen LogP contribution >= 0.6 is 24.0 Å². The van der Waals surface area contributed by atoms with Crippen LogP contribution in [0.3, 0.4) is 0 Å². The molecule has 11 heteroatoms.